The number of benzene rings is 5. The zero-order valence-corrected chi connectivity index (χ0v) is 25.9. The molecule has 230 valence electrons. The molecule has 0 atom stereocenters. The second-order valence-corrected chi connectivity index (χ2v) is 12.2. The normalized spacial score (nSPS) is 11.3. The van der Waals surface area contributed by atoms with E-state index in [1.54, 1.807) is 0 Å². The number of anilines is 1. The molecule has 3 N–H and O–H groups in total. The zero-order valence-electron chi connectivity index (χ0n) is 24.3. The van der Waals surface area contributed by atoms with Crippen molar-refractivity contribution in [1.29, 1.82) is 0 Å². The molecule has 5 rings (SSSR count). The molecule has 0 radical (unpaired) electrons. The summed E-state index contributed by atoms with van der Waals surface area (Å²) < 4.78 is 40.1. The van der Waals surface area contributed by atoms with E-state index in [4.69, 9.17) is 5.26 Å². The summed E-state index contributed by atoms with van der Waals surface area (Å²) in [4.78, 5) is 1.67. The van der Waals surface area contributed by atoms with Gasteiger partial charge in [-0.2, -0.15) is 8.42 Å². The molecule has 0 saturated carbocycles. The first kappa shape index (κ1) is 32.0. The predicted octanol–water partition coefficient (Wildman–Crippen LogP) is 6.17. The van der Waals surface area contributed by atoms with Crippen LogP contribution >= 0.6 is 12.0 Å². The van der Waals surface area contributed by atoms with Crippen LogP contribution in [0, 0.1) is 0 Å². The van der Waals surface area contributed by atoms with Gasteiger partial charge in [-0.15, -0.1) is 4.33 Å². The topological polar surface area (TPSA) is 117 Å². The van der Waals surface area contributed by atoms with Crippen LogP contribution < -0.4 is 15.3 Å². The minimum Gasteiger partial charge on any atom is -0.507 e. The molecule has 0 fully saturated rings. The maximum Gasteiger partial charge on any atom is 0.295 e. The Balaban J connectivity index is 1.67. The van der Waals surface area contributed by atoms with Gasteiger partial charge in [0.2, 0.25) is 0 Å². The average Bonchev–Trinajstić information content (AvgIpc) is 3.05. The van der Waals surface area contributed by atoms with Crippen LogP contribution in [0.4, 0.5) is 5.69 Å². The van der Waals surface area contributed by atoms with Gasteiger partial charge in [0.15, 0.2) is 0 Å². The lowest BCUT2D eigenvalue weighted by molar-refractivity contribution is -0.432. The molecule has 0 aliphatic carbocycles. The Morgan fingerprint density at radius 2 is 1.51 bits per heavy atom. The molecular formula is C35H31NO7S2. The quantitative estimate of drug-likeness (QED) is 0.0674. The number of phenols is 1. The first-order chi connectivity index (χ1) is 21.8. The smallest absolute Gasteiger partial charge is 0.295 e. The molecule has 5 aromatic carbocycles. The van der Waals surface area contributed by atoms with E-state index in [1.165, 1.54) is 11.6 Å². The van der Waals surface area contributed by atoms with E-state index in [-0.39, 0.29) is 16.2 Å². The molecule has 0 aromatic heterocycles. The molecule has 8 nitrogen and oxygen atoms in total. The summed E-state index contributed by atoms with van der Waals surface area (Å²) in [7, 11) is -4.79. The van der Waals surface area contributed by atoms with Crippen molar-refractivity contribution in [1.82, 2.24) is 0 Å². The summed E-state index contributed by atoms with van der Waals surface area (Å²) in [6.45, 7) is 3.56. The van der Waals surface area contributed by atoms with Crippen molar-refractivity contribution in [3.63, 3.8) is 0 Å². The van der Waals surface area contributed by atoms with Gasteiger partial charge in [-0.05, 0) is 70.0 Å². The Kier molecular flexibility index (Phi) is 10.4. The molecule has 0 bridgehead atoms. The maximum atomic E-state index is 12.7. The lowest BCUT2D eigenvalue weighted by Gasteiger charge is -2.24. The van der Waals surface area contributed by atoms with Gasteiger partial charge in [-0.25, -0.2) is 5.26 Å². The summed E-state index contributed by atoms with van der Waals surface area (Å²) in [5.74, 6) is -0.345. The molecule has 0 amide bonds. The van der Waals surface area contributed by atoms with Crippen molar-refractivity contribution in [3.8, 4) is 5.75 Å². The highest BCUT2D eigenvalue weighted by Gasteiger charge is 2.24. The highest BCUT2D eigenvalue weighted by molar-refractivity contribution is 7.94. The van der Waals surface area contributed by atoms with E-state index in [9.17, 15) is 18.1 Å². The first-order valence-corrected chi connectivity index (χ1v) is 16.2. The largest absolute Gasteiger partial charge is 0.507 e. The fraction of sp³-hybridized carbons (Fsp3) is 0.0857. The molecule has 0 spiro atoms. The number of hydrogen-bond acceptors (Lipinski definition) is 8. The van der Waals surface area contributed by atoms with Gasteiger partial charge in [0.25, 0.3) is 10.1 Å². The molecule has 10 heteroatoms. The van der Waals surface area contributed by atoms with E-state index >= 15 is 0 Å². The van der Waals surface area contributed by atoms with E-state index in [2.05, 4.69) is 33.3 Å². The van der Waals surface area contributed by atoms with E-state index < -0.39 is 15.0 Å². The molecule has 0 aliphatic heterocycles. The van der Waals surface area contributed by atoms with Gasteiger partial charge >= 0.3 is 0 Å². The number of rotatable bonds is 11. The molecule has 0 aliphatic rings. The van der Waals surface area contributed by atoms with Gasteiger partial charge in [-0.3, -0.25) is 4.55 Å². The Bertz CT molecular complexity index is 1960. The predicted molar refractivity (Wildman–Crippen MR) is 175 cm³/mol. The van der Waals surface area contributed by atoms with Crippen molar-refractivity contribution in [3.05, 3.63) is 154 Å². The van der Waals surface area contributed by atoms with Crippen LogP contribution in [0.15, 0.2) is 131 Å². The van der Waals surface area contributed by atoms with Gasteiger partial charge in [0.1, 0.15) is 10.6 Å². The third kappa shape index (κ3) is 8.00. The van der Waals surface area contributed by atoms with Crippen molar-refractivity contribution < 1.29 is 32.7 Å². The zero-order chi connectivity index (χ0) is 31.8. The summed E-state index contributed by atoms with van der Waals surface area (Å²) >= 11 is 0.384. The minimum absolute atomic E-state index is 0.0773. The Morgan fingerprint density at radius 3 is 2.11 bits per heavy atom. The molecule has 5 aromatic rings. The monoisotopic (exact) mass is 641 g/mol. The van der Waals surface area contributed by atoms with Crippen LogP contribution in [0.25, 0.3) is 11.6 Å². The van der Waals surface area contributed by atoms with E-state index in [1.807, 2.05) is 103 Å². The molecule has 45 heavy (non-hydrogen) atoms. The highest BCUT2D eigenvalue weighted by atomic mass is 32.2. The van der Waals surface area contributed by atoms with Crippen molar-refractivity contribution in [2.24, 2.45) is 0 Å². The standard InChI is InChI=1S/C35H31NO7S2/c1-2-36(24-27-11-7-4-8-12-27)30-19-17-29(18-20-30)35(28-15-13-26(14-16-28)21-25-9-5-3-6-10-25)31-22-32(37)33(44-43-42-38)23-34(31)45(39,40)41/h3-23,37-38H,2,24H2,1H3,(H,39,40,41). The molecular weight excluding hydrogens is 611 g/mol. The number of hydrogen-bond donors (Lipinski definition) is 3. The summed E-state index contributed by atoms with van der Waals surface area (Å²) in [5.41, 5.74) is 4.38. The third-order valence-corrected chi connectivity index (χ3v) is 8.74. The second kappa shape index (κ2) is 14.6. The Morgan fingerprint density at radius 1 is 0.867 bits per heavy atom. The van der Waals surface area contributed by atoms with Crippen molar-refractivity contribution >= 4 is 39.5 Å². The third-order valence-electron chi connectivity index (χ3n) is 7.21. The lowest BCUT2D eigenvalue weighted by atomic mass is 9.94. The molecule has 0 heterocycles. The molecule has 0 unspecified atom stereocenters. The van der Waals surface area contributed by atoms with Gasteiger partial charge in [0.05, 0.1) is 16.9 Å². The fourth-order valence-electron chi connectivity index (χ4n) is 5.07. The van der Waals surface area contributed by atoms with Crippen LogP contribution in [0.5, 0.6) is 5.75 Å². The summed E-state index contributed by atoms with van der Waals surface area (Å²) in [6, 6.07) is 37.6. The van der Waals surface area contributed by atoms with Crippen LogP contribution in [0.3, 0.4) is 0 Å². The maximum absolute atomic E-state index is 12.7. The van der Waals surface area contributed by atoms with Gasteiger partial charge in [0, 0.05) is 24.3 Å². The van der Waals surface area contributed by atoms with Crippen LogP contribution in [0.1, 0.15) is 29.2 Å². The molecule has 0 saturated heterocycles. The summed E-state index contributed by atoms with van der Waals surface area (Å²) in [5, 5.41) is 24.6. The highest BCUT2D eigenvalue weighted by Crippen LogP contribution is 2.38. The van der Waals surface area contributed by atoms with E-state index in [0.717, 1.165) is 29.1 Å². The Hall–Kier alpha value is -4.42. The van der Waals surface area contributed by atoms with Crippen LogP contribution in [-0.4, -0.2) is 29.9 Å². The number of nitrogens with zero attached hydrogens (tertiary/aromatic N) is 1. The SMILES string of the molecule is CCN(Cc1ccccc1)c1ccc(C(c2cc(O)c(SOOO)cc2S(=O)(=O)O)=c2ccc(=Cc3ccccc3)cc2)cc1. The van der Waals surface area contributed by atoms with Crippen molar-refractivity contribution in [2.75, 3.05) is 11.4 Å². The Labute approximate surface area is 266 Å². The minimum atomic E-state index is -4.79. The lowest BCUT2D eigenvalue weighted by Crippen LogP contribution is -2.22. The number of aromatic hydroxyl groups is 1. The fourth-order valence-corrected chi connectivity index (χ4v) is 6.27. The van der Waals surface area contributed by atoms with Crippen LogP contribution in [-0.2, 0) is 26.0 Å². The second-order valence-electron chi connectivity index (χ2n) is 10.1. The average molecular weight is 642 g/mol. The van der Waals surface area contributed by atoms with Crippen molar-refractivity contribution in [2.45, 2.75) is 23.3 Å². The van der Waals surface area contributed by atoms with Crippen LogP contribution in [0.2, 0.25) is 0 Å². The van der Waals surface area contributed by atoms with Gasteiger partial charge < -0.3 is 10.0 Å². The number of phenolic OH excluding ortho intramolecular Hbond substituents is 1. The van der Waals surface area contributed by atoms with Gasteiger partial charge in [-0.1, -0.05) is 102 Å². The summed E-state index contributed by atoms with van der Waals surface area (Å²) in [6.07, 6.45) is 2.02. The first-order valence-electron chi connectivity index (χ1n) is 14.0. The van der Waals surface area contributed by atoms with E-state index in [0.29, 0.717) is 34.9 Å².